The number of thiophene rings is 1. The van der Waals surface area contributed by atoms with Crippen LogP contribution < -0.4 is 5.32 Å². The third-order valence-corrected chi connectivity index (χ3v) is 3.97. The Balaban J connectivity index is 1.86. The van der Waals surface area contributed by atoms with Crippen molar-refractivity contribution < 1.29 is 4.74 Å². The molecule has 18 heavy (non-hydrogen) atoms. The molecule has 0 aliphatic heterocycles. The minimum atomic E-state index is 0.406. The highest BCUT2D eigenvalue weighted by Gasteiger charge is 2.05. The Morgan fingerprint density at radius 3 is 2.50 bits per heavy atom. The van der Waals surface area contributed by atoms with Crippen LogP contribution in [0.3, 0.4) is 0 Å². The van der Waals surface area contributed by atoms with Crippen LogP contribution in [-0.2, 0) is 17.9 Å². The fraction of sp³-hybridized carbons (Fsp3) is 0.333. The molecule has 3 heteroatoms. The van der Waals surface area contributed by atoms with Gasteiger partial charge in [0, 0.05) is 24.6 Å². The van der Waals surface area contributed by atoms with Gasteiger partial charge in [0.25, 0.3) is 0 Å². The Bertz CT molecular complexity index is 450. The number of nitrogens with one attached hydrogen (secondary N) is 1. The molecule has 0 spiro atoms. The van der Waals surface area contributed by atoms with Gasteiger partial charge >= 0.3 is 0 Å². The predicted molar refractivity (Wildman–Crippen MR) is 76.7 cm³/mol. The first-order valence-electron chi connectivity index (χ1n) is 6.13. The lowest BCUT2D eigenvalue weighted by molar-refractivity contribution is 0.185. The summed E-state index contributed by atoms with van der Waals surface area (Å²) in [4.78, 5) is 1.38. The molecule has 1 N–H and O–H groups in total. The van der Waals surface area contributed by atoms with Crippen molar-refractivity contribution in [3.8, 4) is 0 Å². The van der Waals surface area contributed by atoms with E-state index in [9.17, 15) is 0 Å². The van der Waals surface area contributed by atoms with E-state index >= 15 is 0 Å². The van der Waals surface area contributed by atoms with Crippen LogP contribution in [0.15, 0.2) is 41.8 Å². The second-order valence-electron chi connectivity index (χ2n) is 4.37. The van der Waals surface area contributed by atoms with Crippen LogP contribution in [0.5, 0.6) is 0 Å². The fourth-order valence-corrected chi connectivity index (χ4v) is 2.59. The molecule has 0 aliphatic rings. The second kappa shape index (κ2) is 6.69. The van der Waals surface area contributed by atoms with Gasteiger partial charge in [-0.05, 0) is 29.5 Å². The van der Waals surface area contributed by atoms with Gasteiger partial charge in [0.15, 0.2) is 0 Å². The average molecular weight is 261 g/mol. The maximum atomic E-state index is 5.10. The summed E-state index contributed by atoms with van der Waals surface area (Å²) in [6.45, 7) is 3.77. The quantitative estimate of drug-likeness (QED) is 0.855. The summed E-state index contributed by atoms with van der Waals surface area (Å²) in [6.07, 6.45) is 0. The molecule has 0 bridgehead atoms. The highest BCUT2D eigenvalue weighted by Crippen LogP contribution is 2.18. The van der Waals surface area contributed by atoms with Crippen molar-refractivity contribution in [2.45, 2.75) is 26.1 Å². The number of hydrogen-bond donors (Lipinski definition) is 1. The second-order valence-corrected chi connectivity index (χ2v) is 5.35. The zero-order chi connectivity index (χ0) is 12.8. The molecular formula is C15H19NOS. The van der Waals surface area contributed by atoms with Crippen molar-refractivity contribution in [1.82, 2.24) is 5.32 Å². The molecule has 0 radical (unpaired) electrons. The summed E-state index contributed by atoms with van der Waals surface area (Å²) >= 11 is 1.80. The molecule has 1 aromatic heterocycles. The zero-order valence-electron chi connectivity index (χ0n) is 10.8. The molecule has 0 fully saturated rings. The smallest absolute Gasteiger partial charge is 0.0713 e. The predicted octanol–water partition coefficient (Wildman–Crippen LogP) is 3.75. The van der Waals surface area contributed by atoms with Crippen LogP contribution in [0, 0.1) is 0 Å². The van der Waals surface area contributed by atoms with E-state index in [1.165, 1.54) is 16.0 Å². The Labute approximate surface area is 113 Å². The lowest BCUT2D eigenvalue weighted by Crippen LogP contribution is -2.17. The minimum absolute atomic E-state index is 0.406. The van der Waals surface area contributed by atoms with Crippen LogP contribution >= 0.6 is 11.3 Å². The molecule has 1 heterocycles. The Morgan fingerprint density at radius 2 is 1.89 bits per heavy atom. The first-order valence-corrected chi connectivity index (χ1v) is 7.01. The summed E-state index contributed by atoms with van der Waals surface area (Å²) in [6, 6.07) is 13.2. The van der Waals surface area contributed by atoms with Crippen molar-refractivity contribution in [2.24, 2.45) is 0 Å². The van der Waals surface area contributed by atoms with E-state index in [0.717, 1.165) is 6.54 Å². The van der Waals surface area contributed by atoms with Gasteiger partial charge in [-0.2, -0.15) is 0 Å². The van der Waals surface area contributed by atoms with Gasteiger partial charge in [-0.15, -0.1) is 11.3 Å². The molecular weight excluding hydrogens is 242 g/mol. The highest BCUT2D eigenvalue weighted by molar-refractivity contribution is 7.10. The summed E-state index contributed by atoms with van der Waals surface area (Å²) in [7, 11) is 1.72. The third-order valence-electron chi connectivity index (χ3n) is 2.92. The summed E-state index contributed by atoms with van der Waals surface area (Å²) in [5, 5.41) is 5.65. The maximum Gasteiger partial charge on any atom is 0.0713 e. The lowest BCUT2D eigenvalue weighted by Gasteiger charge is -2.12. The Morgan fingerprint density at radius 1 is 1.17 bits per heavy atom. The molecule has 0 amide bonds. The molecule has 0 unspecified atom stereocenters. The largest absolute Gasteiger partial charge is 0.380 e. The highest BCUT2D eigenvalue weighted by atomic mass is 32.1. The van der Waals surface area contributed by atoms with Gasteiger partial charge in [0.1, 0.15) is 0 Å². The zero-order valence-corrected chi connectivity index (χ0v) is 11.7. The normalized spacial score (nSPS) is 12.6. The van der Waals surface area contributed by atoms with Crippen LogP contribution in [0.2, 0.25) is 0 Å². The van der Waals surface area contributed by atoms with Crippen molar-refractivity contribution in [3.05, 3.63) is 57.8 Å². The lowest BCUT2D eigenvalue weighted by atomic mass is 10.1. The monoisotopic (exact) mass is 261 g/mol. The van der Waals surface area contributed by atoms with E-state index in [-0.39, 0.29) is 0 Å². The van der Waals surface area contributed by atoms with Gasteiger partial charge in [-0.3, -0.25) is 0 Å². The average Bonchev–Trinajstić information content (AvgIpc) is 2.92. The molecule has 1 aromatic carbocycles. The molecule has 96 valence electrons. The number of methoxy groups -OCH3 is 1. The Hall–Kier alpha value is -1.16. The van der Waals surface area contributed by atoms with Gasteiger partial charge in [0.2, 0.25) is 0 Å². The van der Waals surface area contributed by atoms with E-state index in [0.29, 0.717) is 12.6 Å². The molecule has 2 aromatic rings. The van der Waals surface area contributed by atoms with Crippen molar-refractivity contribution in [1.29, 1.82) is 0 Å². The number of benzene rings is 1. The number of rotatable bonds is 6. The van der Waals surface area contributed by atoms with Crippen LogP contribution in [0.25, 0.3) is 0 Å². The van der Waals surface area contributed by atoms with E-state index < -0.39 is 0 Å². The van der Waals surface area contributed by atoms with Gasteiger partial charge in [-0.1, -0.05) is 30.3 Å². The first kappa shape index (κ1) is 13.3. The molecule has 0 saturated carbocycles. The molecule has 2 rings (SSSR count). The SMILES string of the molecule is COCc1ccc(CN[C@H](C)c2cccs2)cc1. The molecule has 1 atom stereocenters. The summed E-state index contributed by atoms with van der Waals surface area (Å²) in [5.74, 6) is 0. The summed E-state index contributed by atoms with van der Waals surface area (Å²) in [5.41, 5.74) is 2.52. The van der Waals surface area contributed by atoms with Crippen LogP contribution in [-0.4, -0.2) is 7.11 Å². The molecule has 0 aliphatic carbocycles. The molecule has 2 nitrogen and oxygen atoms in total. The van der Waals surface area contributed by atoms with Crippen molar-refractivity contribution in [3.63, 3.8) is 0 Å². The standard InChI is InChI=1S/C15H19NOS/c1-12(15-4-3-9-18-15)16-10-13-5-7-14(8-6-13)11-17-2/h3-9,12,16H,10-11H2,1-2H3/t12-/m1/s1. The Kier molecular flexibility index (Phi) is 4.93. The van der Waals surface area contributed by atoms with E-state index in [2.05, 4.69) is 54.0 Å². The topological polar surface area (TPSA) is 21.3 Å². The van der Waals surface area contributed by atoms with Crippen molar-refractivity contribution >= 4 is 11.3 Å². The number of ether oxygens (including phenoxy) is 1. The van der Waals surface area contributed by atoms with Crippen LogP contribution in [0.4, 0.5) is 0 Å². The number of hydrogen-bond acceptors (Lipinski definition) is 3. The minimum Gasteiger partial charge on any atom is -0.380 e. The molecule has 0 saturated heterocycles. The fourth-order valence-electron chi connectivity index (χ4n) is 1.83. The summed E-state index contributed by atoms with van der Waals surface area (Å²) < 4.78 is 5.10. The van der Waals surface area contributed by atoms with Crippen LogP contribution in [0.1, 0.15) is 29.0 Å². The van der Waals surface area contributed by atoms with E-state index in [1.807, 2.05) is 0 Å². The van der Waals surface area contributed by atoms with Crippen molar-refractivity contribution in [2.75, 3.05) is 7.11 Å². The third kappa shape index (κ3) is 3.67. The van der Waals surface area contributed by atoms with E-state index in [4.69, 9.17) is 4.74 Å². The van der Waals surface area contributed by atoms with E-state index in [1.54, 1.807) is 18.4 Å². The van der Waals surface area contributed by atoms with Gasteiger partial charge < -0.3 is 10.1 Å². The van der Waals surface area contributed by atoms with Gasteiger partial charge in [-0.25, -0.2) is 0 Å². The van der Waals surface area contributed by atoms with Gasteiger partial charge in [0.05, 0.1) is 6.61 Å². The first-order chi connectivity index (χ1) is 8.79. The maximum absolute atomic E-state index is 5.10.